The fraction of sp³-hybridized carbons (Fsp3) is 0.385. The van der Waals surface area contributed by atoms with Crippen molar-refractivity contribution >= 4 is 0 Å². The van der Waals surface area contributed by atoms with Gasteiger partial charge in [0.25, 0.3) is 0 Å². The summed E-state index contributed by atoms with van der Waals surface area (Å²) in [6.07, 6.45) is 9.41. The smallest absolute Gasteiger partial charge is 1.00 e. The van der Waals surface area contributed by atoms with Gasteiger partial charge in [0.2, 0.25) is 0 Å². The van der Waals surface area contributed by atoms with E-state index >= 15 is 0 Å². The summed E-state index contributed by atoms with van der Waals surface area (Å²) < 4.78 is 3.59. The van der Waals surface area contributed by atoms with Crippen LogP contribution in [0.3, 0.4) is 0 Å². The largest absolute Gasteiger partial charge is 1.00 e. The van der Waals surface area contributed by atoms with Gasteiger partial charge in [0.05, 0.1) is 0 Å². The molecule has 0 N–H and O–H groups in total. The van der Waals surface area contributed by atoms with Crippen molar-refractivity contribution < 1.29 is 25.8 Å². The molecule has 2 rings (SSSR count). The number of hydrogen-bond acceptors (Lipinski definition) is 0. The van der Waals surface area contributed by atoms with Gasteiger partial charge in [0.15, 0.2) is 0 Å². The summed E-state index contributed by atoms with van der Waals surface area (Å²) in [5.41, 5.74) is 4.80. The van der Waals surface area contributed by atoms with E-state index in [4.69, 9.17) is 0 Å². The van der Waals surface area contributed by atoms with Gasteiger partial charge in [-0.15, -0.1) is 0 Å². The first-order valence-electron chi connectivity index (χ1n) is 5.17. The molecule has 14 heavy (non-hydrogen) atoms. The molecule has 0 radical (unpaired) electrons. The van der Waals surface area contributed by atoms with Gasteiger partial charge >= 0.3 is 98.1 Å². The van der Waals surface area contributed by atoms with Crippen molar-refractivity contribution in [3.8, 4) is 0 Å². The normalized spacial score (nSPS) is 20.9. The molecular weight excluding hydrogens is 335 g/mol. The van der Waals surface area contributed by atoms with Gasteiger partial charge in [-0.3, -0.25) is 0 Å². The van der Waals surface area contributed by atoms with Gasteiger partial charge in [0.1, 0.15) is 0 Å². The first-order valence-corrected chi connectivity index (χ1v) is 8.77. The summed E-state index contributed by atoms with van der Waals surface area (Å²) in [6.45, 7) is 6.88. The van der Waals surface area contributed by atoms with E-state index in [9.17, 15) is 0 Å². The van der Waals surface area contributed by atoms with Gasteiger partial charge in [-0.2, -0.15) is 0 Å². The van der Waals surface area contributed by atoms with Crippen LogP contribution in [0.2, 0.25) is 0 Å². The summed E-state index contributed by atoms with van der Waals surface area (Å²) in [4.78, 5) is 0. The van der Waals surface area contributed by atoms with Crippen molar-refractivity contribution in [1.82, 2.24) is 0 Å². The molecule has 2 aliphatic carbocycles. The van der Waals surface area contributed by atoms with E-state index in [2.05, 4.69) is 39.0 Å². The van der Waals surface area contributed by atoms with Crippen LogP contribution in [0.25, 0.3) is 0 Å². The maximum atomic E-state index is 2.35. The Morgan fingerprint density at radius 2 is 2.00 bits per heavy atom. The van der Waals surface area contributed by atoms with E-state index in [1.807, 2.05) is 3.33 Å². The van der Waals surface area contributed by atoms with Crippen LogP contribution in [-0.4, -0.2) is 0 Å². The molecule has 0 aromatic carbocycles. The van der Waals surface area contributed by atoms with Gasteiger partial charge in [-0.25, -0.2) is 0 Å². The second-order valence-corrected chi connectivity index (χ2v) is 9.51. The third-order valence-corrected chi connectivity index (χ3v) is 8.73. The van der Waals surface area contributed by atoms with Crippen molar-refractivity contribution in [2.24, 2.45) is 0 Å². The average Bonchev–Trinajstić information content (AvgIpc) is 2.73. The summed E-state index contributed by atoms with van der Waals surface area (Å²) in [7, 11) is 0. The van der Waals surface area contributed by atoms with Crippen molar-refractivity contribution in [3.63, 3.8) is 0 Å². The van der Waals surface area contributed by atoms with E-state index in [0.29, 0.717) is 0 Å². The maximum Gasteiger partial charge on any atom is -1.00 e. The number of hydrogen-bond donors (Lipinski definition) is 0. The Morgan fingerprint density at radius 1 is 1.21 bits per heavy atom. The van der Waals surface area contributed by atoms with Crippen LogP contribution in [0.4, 0.5) is 0 Å². The molecular formula is C13H18Hf-2. The Balaban J connectivity index is 0.00000112. The molecule has 1 heteroatoms. The topological polar surface area (TPSA) is 0 Å². The average molecular weight is 353 g/mol. The molecule has 0 bridgehead atoms. The quantitative estimate of drug-likeness (QED) is 0.655. The second-order valence-electron chi connectivity index (χ2n) is 4.13. The Labute approximate surface area is 101 Å². The monoisotopic (exact) mass is 354 g/mol. The third kappa shape index (κ3) is 1.93. The Hall–Kier alpha value is -0.170. The Kier molecular flexibility index (Phi) is 3.06. The molecule has 0 heterocycles. The number of allylic oxidation sites excluding steroid dienone is 8. The minimum Gasteiger partial charge on any atom is -1.00 e. The molecule has 76 valence electrons. The van der Waals surface area contributed by atoms with Crippen LogP contribution in [-0.2, 0) is 22.9 Å². The molecule has 0 nitrogen and oxygen atoms in total. The van der Waals surface area contributed by atoms with Crippen LogP contribution in [0, 0.1) is 0 Å². The molecule has 2 aliphatic rings. The Bertz CT molecular complexity index is 387. The fourth-order valence-corrected chi connectivity index (χ4v) is 7.39. The molecule has 0 spiro atoms. The minimum atomic E-state index is -0.630. The molecule has 0 aromatic rings. The van der Waals surface area contributed by atoms with E-state index < -0.39 is 22.9 Å². The van der Waals surface area contributed by atoms with E-state index in [-0.39, 0.29) is 2.85 Å². The summed E-state index contributed by atoms with van der Waals surface area (Å²) in [6, 6.07) is 0. The van der Waals surface area contributed by atoms with Crippen molar-refractivity contribution in [2.45, 2.75) is 33.6 Å². The van der Waals surface area contributed by atoms with Crippen molar-refractivity contribution in [3.05, 3.63) is 41.6 Å². The van der Waals surface area contributed by atoms with E-state index in [1.165, 1.54) is 12.8 Å². The molecule has 0 amide bonds. The fourth-order valence-electron chi connectivity index (χ4n) is 1.95. The standard InChI is InChI=1S/C8H11.C5H5.Hf.2H/c1-6-4-5-7(2)8(6)3;1-2-4-5-3-1;;;/h4H2,1-3H3;1-3H,4H2;;;/q;;;2*-1. The zero-order valence-electron chi connectivity index (χ0n) is 11.1. The van der Waals surface area contributed by atoms with Gasteiger partial charge in [0, 0.05) is 0 Å². The van der Waals surface area contributed by atoms with Gasteiger partial charge in [-0.1, -0.05) is 0 Å². The summed E-state index contributed by atoms with van der Waals surface area (Å²) >= 11 is -0.630. The van der Waals surface area contributed by atoms with Crippen LogP contribution in [0.1, 0.15) is 36.5 Å². The second kappa shape index (κ2) is 4.14. The molecule has 0 fully saturated rings. The van der Waals surface area contributed by atoms with Crippen LogP contribution < -0.4 is 0 Å². The zero-order valence-corrected chi connectivity index (χ0v) is 12.7. The van der Waals surface area contributed by atoms with Crippen LogP contribution in [0.5, 0.6) is 0 Å². The van der Waals surface area contributed by atoms with Crippen LogP contribution in [0.15, 0.2) is 41.6 Å². The first kappa shape index (κ1) is 10.4. The molecule has 0 saturated heterocycles. The first-order chi connectivity index (χ1) is 6.68. The molecule has 0 aromatic heterocycles. The summed E-state index contributed by atoms with van der Waals surface area (Å²) in [5.74, 6) is 0. The van der Waals surface area contributed by atoms with E-state index in [0.717, 1.165) is 0 Å². The van der Waals surface area contributed by atoms with Gasteiger partial charge < -0.3 is 2.85 Å². The SMILES string of the molecule is CC1=C(C)C(C)=[C]([Hf][C]2=CC=CC2)C1.[H-].[H-]. The zero-order chi connectivity index (χ0) is 10.1. The van der Waals surface area contributed by atoms with Gasteiger partial charge in [-0.05, 0) is 0 Å². The maximum absolute atomic E-state index is 2.35. The predicted octanol–water partition coefficient (Wildman–Crippen LogP) is 4.15. The predicted molar refractivity (Wildman–Crippen MR) is 59.8 cm³/mol. The molecule has 0 atom stereocenters. The third-order valence-electron chi connectivity index (χ3n) is 3.18. The van der Waals surface area contributed by atoms with Crippen molar-refractivity contribution in [1.29, 1.82) is 0 Å². The van der Waals surface area contributed by atoms with E-state index in [1.54, 1.807) is 20.0 Å². The molecule has 0 unspecified atom stereocenters. The number of rotatable bonds is 2. The van der Waals surface area contributed by atoms with Crippen LogP contribution >= 0.6 is 0 Å². The Morgan fingerprint density at radius 3 is 2.50 bits per heavy atom. The summed E-state index contributed by atoms with van der Waals surface area (Å²) in [5, 5.41) is 0. The minimum absolute atomic E-state index is 0. The van der Waals surface area contributed by atoms with Crippen molar-refractivity contribution in [2.75, 3.05) is 0 Å². The molecule has 0 aliphatic heterocycles. The molecule has 0 saturated carbocycles.